The number of aromatic hydroxyl groups is 1. The molecule has 6 nitrogen and oxygen atoms in total. The molecule has 1 saturated carbocycles. The van der Waals surface area contributed by atoms with E-state index in [0.717, 1.165) is 35.4 Å². The Bertz CT molecular complexity index is 943. The van der Waals surface area contributed by atoms with Crippen molar-refractivity contribution in [2.45, 2.75) is 54.6 Å². The number of hydrogen-bond acceptors (Lipinski definition) is 5. The lowest BCUT2D eigenvalue weighted by Crippen LogP contribution is -2.85. The van der Waals surface area contributed by atoms with Crippen LogP contribution in [0.1, 0.15) is 30.4 Å². The van der Waals surface area contributed by atoms with Crippen molar-refractivity contribution in [2.75, 3.05) is 27.2 Å². The average molecular weight is 384 g/mol. The van der Waals surface area contributed by atoms with E-state index in [1.54, 1.807) is 13.2 Å². The summed E-state index contributed by atoms with van der Waals surface area (Å²) in [5.41, 5.74) is 1.43. The molecule has 0 aromatic heterocycles. The quantitative estimate of drug-likeness (QED) is 0.492. The molecule has 3 fully saturated rings. The molecule has 4 heterocycles. The number of ether oxygens (including phenoxy) is 2. The van der Waals surface area contributed by atoms with Crippen LogP contribution in [0.5, 0.6) is 11.5 Å². The predicted octanol–water partition coefficient (Wildman–Crippen LogP) is 2.19. The molecule has 2 saturated heterocycles. The first-order valence-corrected chi connectivity index (χ1v) is 10.5. The second-order valence-corrected chi connectivity index (χ2v) is 9.93. The Morgan fingerprint density at radius 2 is 2.11 bits per heavy atom. The second kappa shape index (κ2) is 4.59. The molecular weight excluding hydrogens is 358 g/mol. The monoisotopic (exact) mass is 384 g/mol. The number of likely N-dealkylation sites (N-methyl/N-ethyl adjacent to an activating group) is 1. The maximum absolute atomic E-state index is 10.6. The van der Waals surface area contributed by atoms with Crippen molar-refractivity contribution in [3.05, 3.63) is 35.4 Å². The Morgan fingerprint density at radius 3 is 2.82 bits per heavy atom. The molecule has 1 aromatic carbocycles. The highest BCUT2D eigenvalue weighted by Crippen LogP contribution is 2.70. The van der Waals surface area contributed by atoms with Crippen LogP contribution in [0.25, 0.3) is 0 Å². The first-order chi connectivity index (χ1) is 13.5. The smallest absolute Gasteiger partial charge is 0.259 e. The molecule has 3 unspecified atom stereocenters. The molecule has 148 valence electrons. The number of nitrogens with zero attached hydrogens (tertiary/aromatic N) is 1. The van der Waals surface area contributed by atoms with E-state index in [1.165, 1.54) is 24.9 Å². The molecule has 3 aliphatic carbocycles. The molecule has 4 bridgehead atoms. The van der Waals surface area contributed by atoms with Crippen molar-refractivity contribution in [2.24, 2.45) is 5.92 Å². The van der Waals surface area contributed by atoms with E-state index in [4.69, 9.17) is 19.2 Å². The third-order valence-corrected chi connectivity index (χ3v) is 8.66. The predicted molar refractivity (Wildman–Crippen MR) is 98.7 cm³/mol. The number of piperidine rings is 1. The summed E-state index contributed by atoms with van der Waals surface area (Å²) in [6.45, 7) is 2.27. The fourth-order valence-electron chi connectivity index (χ4n) is 7.21. The number of rotatable bonds is 3. The summed E-state index contributed by atoms with van der Waals surface area (Å²) in [6, 6.07) is 4.11. The van der Waals surface area contributed by atoms with Gasteiger partial charge in [-0.05, 0) is 36.6 Å². The molecule has 1 N–H and O–H groups in total. The van der Waals surface area contributed by atoms with Crippen LogP contribution >= 0.6 is 0 Å². The Labute approximate surface area is 164 Å². The largest absolute Gasteiger partial charge is 0.504 e. The number of fused-ring (bicyclic) bond motifs is 1. The SMILES string of the molecule is COC12C=C[C@@]3(OO1)C1Cc4ccc(O)c5c4[C@@]3(CC[N+]1(C)CC1CC1)[C@H]2O5. The van der Waals surface area contributed by atoms with Crippen LogP contribution < -0.4 is 4.74 Å². The van der Waals surface area contributed by atoms with Crippen LogP contribution in [0.2, 0.25) is 0 Å². The lowest BCUT2D eigenvalue weighted by molar-refractivity contribution is -0.952. The zero-order valence-corrected chi connectivity index (χ0v) is 16.3. The lowest BCUT2D eigenvalue weighted by Gasteiger charge is -2.68. The first kappa shape index (κ1) is 16.2. The zero-order valence-electron chi connectivity index (χ0n) is 16.3. The van der Waals surface area contributed by atoms with Crippen molar-refractivity contribution in [1.82, 2.24) is 0 Å². The molecule has 7 aliphatic rings. The third-order valence-electron chi connectivity index (χ3n) is 8.66. The van der Waals surface area contributed by atoms with Crippen LogP contribution in [0.15, 0.2) is 24.3 Å². The van der Waals surface area contributed by atoms with Crippen LogP contribution in [0.4, 0.5) is 0 Å². The van der Waals surface area contributed by atoms with Gasteiger partial charge < -0.3 is 19.1 Å². The summed E-state index contributed by atoms with van der Waals surface area (Å²) in [6.07, 6.45) is 8.36. The van der Waals surface area contributed by atoms with Crippen LogP contribution in [0.3, 0.4) is 0 Å². The van der Waals surface area contributed by atoms with Gasteiger partial charge in [-0.1, -0.05) is 6.07 Å². The highest BCUT2D eigenvalue weighted by molar-refractivity contribution is 5.64. The van der Waals surface area contributed by atoms with Gasteiger partial charge in [0, 0.05) is 31.4 Å². The minimum absolute atomic E-state index is 0.197. The van der Waals surface area contributed by atoms with Crippen molar-refractivity contribution < 1.29 is 28.8 Å². The summed E-state index contributed by atoms with van der Waals surface area (Å²) in [7, 11) is 4.03. The van der Waals surface area contributed by atoms with Gasteiger partial charge in [-0.3, -0.25) is 0 Å². The van der Waals surface area contributed by atoms with Crippen LogP contribution in [-0.4, -0.2) is 60.4 Å². The maximum atomic E-state index is 10.6. The van der Waals surface area contributed by atoms with E-state index >= 15 is 0 Å². The molecule has 28 heavy (non-hydrogen) atoms. The normalized spacial score (nSPS) is 49.1. The second-order valence-electron chi connectivity index (χ2n) is 9.93. The molecule has 1 aromatic rings. The lowest BCUT2D eigenvalue weighted by atomic mass is 9.49. The van der Waals surface area contributed by atoms with Crippen molar-refractivity contribution in [3.8, 4) is 11.5 Å². The van der Waals surface area contributed by atoms with Crippen molar-refractivity contribution in [1.29, 1.82) is 0 Å². The molecule has 6 atom stereocenters. The molecule has 8 rings (SSSR count). The van der Waals surface area contributed by atoms with E-state index < -0.39 is 11.4 Å². The highest BCUT2D eigenvalue weighted by Gasteiger charge is 2.83. The van der Waals surface area contributed by atoms with Gasteiger partial charge in [0.15, 0.2) is 23.2 Å². The van der Waals surface area contributed by atoms with E-state index in [0.29, 0.717) is 5.75 Å². The molecule has 6 heteroatoms. The Kier molecular flexibility index (Phi) is 2.66. The third kappa shape index (κ3) is 1.50. The number of likely N-dealkylation sites (tertiary alicyclic amines) is 1. The summed E-state index contributed by atoms with van der Waals surface area (Å²) >= 11 is 0. The van der Waals surface area contributed by atoms with Gasteiger partial charge in [0.1, 0.15) is 6.04 Å². The van der Waals surface area contributed by atoms with Gasteiger partial charge in [-0.2, -0.15) is 4.89 Å². The van der Waals surface area contributed by atoms with E-state index in [1.807, 2.05) is 6.08 Å². The van der Waals surface area contributed by atoms with E-state index in [9.17, 15) is 5.11 Å². The number of methoxy groups -OCH3 is 1. The van der Waals surface area contributed by atoms with Crippen LogP contribution in [-0.2, 0) is 26.3 Å². The van der Waals surface area contributed by atoms with Gasteiger partial charge >= 0.3 is 0 Å². The molecule has 4 aliphatic heterocycles. The Balaban J connectivity index is 1.52. The van der Waals surface area contributed by atoms with Gasteiger partial charge in [0.25, 0.3) is 5.79 Å². The van der Waals surface area contributed by atoms with Gasteiger partial charge in [-0.15, -0.1) is 0 Å². The van der Waals surface area contributed by atoms with Crippen molar-refractivity contribution in [3.63, 3.8) is 0 Å². The standard InChI is InChI=1S/C22H25NO5/c1-23(12-13-3-4-13)10-9-20-17-14-5-6-15(24)18(17)26-19(20)22(25-2)8-7-21(20,27-28-22)16(23)11-14/h5-8,13,16,19H,3-4,9-12H2,1-2H3/p+1/t16?,19-,20+,21-,22?,23?/m1/s1. The fraction of sp³-hybridized carbons (Fsp3) is 0.636. The number of benzene rings is 1. The molecule has 0 amide bonds. The minimum Gasteiger partial charge on any atom is -0.504 e. The van der Waals surface area contributed by atoms with Crippen molar-refractivity contribution >= 4 is 0 Å². The number of hydrogen-bond donors (Lipinski definition) is 1. The summed E-state index contributed by atoms with van der Waals surface area (Å²) < 4.78 is 13.3. The number of phenols is 1. The number of phenolic OH excluding ortho intramolecular Hbond substituents is 1. The number of quaternary nitrogens is 1. The molecule has 0 radical (unpaired) electrons. The fourth-order valence-corrected chi connectivity index (χ4v) is 7.21. The molecular formula is C22H26NO5+. The Hall–Kier alpha value is -1.60. The van der Waals surface area contributed by atoms with Gasteiger partial charge in [0.05, 0.1) is 25.6 Å². The minimum atomic E-state index is -1.08. The van der Waals surface area contributed by atoms with Crippen LogP contribution in [0, 0.1) is 5.92 Å². The van der Waals surface area contributed by atoms with E-state index in [-0.39, 0.29) is 23.3 Å². The summed E-state index contributed by atoms with van der Waals surface area (Å²) in [4.78, 5) is 12.3. The first-order valence-electron chi connectivity index (χ1n) is 10.5. The highest BCUT2D eigenvalue weighted by atomic mass is 17.2. The Morgan fingerprint density at radius 1 is 1.25 bits per heavy atom. The van der Waals surface area contributed by atoms with Gasteiger partial charge in [-0.25, -0.2) is 4.89 Å². The molecule has 2 spiro atoms. The summed E-state index contributed by atoms with van der Waals surface area (Å²) in [5, 5.41) is 10.6. The van der Waals surface area contributed by atoms with Gasteiger partial charge in [0.2, 0.25) is 0 Å². The average Bonchev–Trinajstić information content (AvgIpc) is 3.43. The van der Waals surface area contributed by atoms with E-state index in [2.05, 4.69) is 19.2 Å². The summed E-state index contributed by atoms with van der Waals surface area (Å²) in [5.74, 6) is 0.548. The zero-order chi connectivity index (χ0) is 18.9. The maximum Gasteiger partial charge on any atom is 0.259 e. The topological polar surface area (TPSA) is 57.2 Å².